The molecule has 0 amide bonds. The molecule has 0 N–H and O–H groups in total. The Kier molecular flexibility index (Phi) is 4.31. The van der Waals surface area contributed by atoms with Gasteiger partial charge in [-0.3, -0.25) is 0 Å². The number of hydrogen-bond acceptors (Lipinski definition) is 1. The molecule has 0 heterocycles. The Hall–Kier alpha value is -1.42. The van der Waals surface area contributed by atoms with E-state index in [0.717, 1.165) is 5.75 Å². The summed E-state index contributed by atoms with van der Waals surface area (Å²) in [6.45, 7) is 0. The first kappa shape index (κ1) is 13.0. The number of para-hydroxylation sites is 1. The van der Waals surface area contributed by atoms with Gasteiger partial charge in [-0.25, -0.2) is 8.78 Å². The molecule has 94 valence electrons. The molecule has 0 radical (unpaired) electrons. The van der Waals surface area contributed by atoms with Crippen LogP contribution in [0.1, 0.15) is 10.4 Å². The van der Waals surface area contributed by atoms with Gasteiger partial charge in [0.25, 0.3) is 6.43 Å². The second-order valence-corrected chi connectivity index (χ2v) is 4.71. The Bertz CT molecular complexity index is 485. The first-order valence-electron chi connectivity index (χ1n) is 5.42. The van der Waals surface area contributed by atoms with Gasteiger partial charge in [0, 0.05) is 0 Å². The molecule has 2 aromatic carbocycles. The highest BCUT2D eigenvalue weighted by molar-refractivity contribution is 9.09. The van der Waals surface area contributed by atoms with Gasteiger partial charge in [-0.05, 0) is 29.8 Å². The first-order valence-corrected chi connectivity index (χ1v) is 6.33. The van der Waals surface area contributed by atoms with E-state index in [1.165, 1.54) is 0 Å². The zero-order valence-corrected chi connectivity index (χ0v) is 11.0. The maximum Gasteiger partial charge on any atom is 0.255 e. The monoisotopic (exact) mass is 312 g/mol. The van der Waals surface area contributed by atoms with Gasteiger partial charge >= 0.3 is 0 Å². The number of halogens is 3. The molecular weight excluding hydrogens is 302 g/mol. The Morgan fingerprint density at radius 2 is 1.39 bits per heavy atom. The van der Waals surface area contributed by atoms with Crippen molar-refractivity contribution in [1.82, 2.24) is 0 Å². The quantitative estimate of drug-likeness (QED) is 0.707. The highest BCUT2D eigenvalue weighted by Crippen LogP contribution is 2.31. The van der Waals surface area contributed by atoms with Crippen LogP contribution < -0.4 is 4.74 Å². The van der Waals surface area contributed by atoms with E-state index in [9.17, 15) is 8.78 Å². The zero-order chi connectivity index (χ0) is 13.0. The smallest absolute Gasteiger partial charge is 0.255 e. The lowest BCUT2D eigenvalue weighted by molar-refractivity contribution is 0.147. The van der Waals surface area contributed by atoms with Crippen LogP contribution in [0, 0.1) is 0 Å². The molecule has 0 spiro atoms. The van der Waals surface area contributed by atoms with Crippen molar-refractivity contribution in [3.8, 4) is 11.5 Å². The van der Waals surface area contributed by atoms with E-state index in [-0.39, 0.29) is 0 Å². The molecular formula is C14H11BrF2O. The second kappa shape index (κ2) is 5.96. The molecule has 0 bridgehead atoms. The van der Waals surface area contributed by atoms with E-state index in [4.69, 9.17) is 4.74 Å². The molecule has 18 heavy (non-hydrogen) atoms. The number of rotatable bonds is 4. The molecule has 2 aromatic rings. The van der Waals surface area contributed by atoms with Gasteiger partial charge in [-0.1, -0.05) is 46.3 Å². The van der Waals surface area contributed by atoms with Crippen LogP contribution in [-0.4, -0.2) is 6.43 Å². The average molecular weight is 313 g/mol. The summed E-state index contributed by atoms with van der Waals surface area (Å²) in [5, 5.41) is 0. The van der Waals surface area contributed by atoms with E-state index in [1.54, 1.807) is 24.3 Å². The Labute approximate surface area is 113 Å². The Morgan fingerprint density at radius 3 is 1.94 bits per heavy atom. The maximum absolute atomic E-state index is 12.5. The van der Waals surface area contributed by atoms with Gasteiger partial charge in [-0.15, -0.1) is 0 Å². The normalized spacial score (nSPS) is 12.4. The molecule has 1 unspecified atom stereocenters. The Morgan fingerprint density at radius 1 is 0.833 bits per heavy atom. The third-order valence-corrected chi connectivity index (χ3v) is 3.33. The van der Waals surface area contributed by atoms with Gasteiger partial charge in [0.15, 0.2) is 0 Å². The summed E-state index contributed by atoms with van der Waals surface area (Å²) in [4.78, 5) is -0.941. The number of benzene rings is 2. The summed E-state index contributed by atoms with van der Waals surface area (Å²) in [5.41, 5.74) is 0.533. The molecule has 0 fully saturated rings. The lowest BCUT2D eigenvalue weighted by Crippen LogP contribution is -2.00. The maximum atomic E-state index is 12.5. The predicted molar refractivity (Wildman–Crippen MR) is 70.6 cm³/mol. The molecule has 0 aromatic heterocycles. The van der Waals surface area contributed by atoms with Gasteiger partial charge in [0.1, 0.15) is 16.3 Å². The van der Waals surface area contributed by atoms with E-state index in [2.05, 4.69) is 15.9 Å². The molecule has 0 aliphatic carbocycles. The minimum absolute atomic E-state index is 0.533. The fourth-order valence-electron chi connectivity index (χ4n) is 1.49. The van der Waals surface area contributed by atoms with E-state index in [0.29, 0.717) is 11.3 Å². The summed E-state index contributed by atoms with van der Waals surface area (Å²) in [6.07, 6.45) is -2.43. The fourth-order valence-corrected chi connectivity index (χ4v) is 1.80. The minimum Gasteiger partial charge on any atom is -0.457 e. The topological polar surface area (TPSA) is 9.23 Å². The van der Waals surface area contributed by atoms with Crippen molar-refractivity contribution in [3.63, 3.8) is 0 Å². The van der Waals surface area contributed by atoms with Crippen LogP contribution in [0.5, 0.6) is 11.5 Å². The Balaban J connectivity index is 2.09. The van der Waals surface area contributed by atoms with Gasteiger partial charge in [0.05, 0.1) is 0 Å². The largest absolute Gasteiger partial charge is 0.457 e. The highest BCUT2D eigenvalue weighted by atomic mass is 79.9. The number of ether oxygens (including phenoxy) is 1. The lowest BCUT2D eigenvalue weighted by Gasteiger charge is -2.10. The van der Waals surface area contributed by atoms with E-state index >= 15 is 0 Å². The molecule has 0 saturated heterocycles. The molecule has 2 rings (SSSR count). The molecule has 1 nitrogen and oxygen atoms in total. The predicted octanol–water partition coefficient (Wildman–Crippen LogP) is 5.18. The number of alkyl halides is 3. The van der Waals surface area contributed by atoms with Crippen molar-refractivity contribution in [1.29, 1.82) is 0 Å². The van der Waals surface area contributed by atoms with E-state index in [1.807, 2.05) is 30.3 Å². The average Bonchev–Trinajstić information content (AvgIpc) is 2.40. The van der Waals surface area contributed by atoms with E-state index < -0.39 is 11.3 Å². The number of hydrogen-bond donors (Lipinski definition) is 0. The zero-order valence-electron chi connectivity index (χ0n) is 9.39. The third-order valence-electron chi connectivity index (χ3n) is 2.40. The van der Waals surface area contributed by atoms with Crippen molar-refractivity contribution in [3.05, 3.63) is 60.2 Å². The minimum atomic E-state index is -2.43. The van der Waals surface area contributed by atoms with Crippen LogP contribution in [0.3, 0.4) is 0 Å². The van der Waals surface area contributed by atoms with Crippen molar-refractivity contribution in [2.24, 2.45) is 0 Å². The molecule has 0 aliphatic heterocycles. The van der Waals surface area contributed by atoms with Crippen molar-refractivity contribution >= 4 is 15.9 Å². The van der Waals surface area contributed by atoms with Crippen LogP contribution in [0.2, 0.25) is 0 Å². The summed E-state index contributed by atoms with van der Waals surface area (Å²) < 4.78 is 30.5. The molecule has 0 saturated carbocycles. The SMILES string of the molecule is FC(F)C(Br)c1ccc(Oc2ccccc2)cc1. The summed E-state index contributed by atoms with van der Waals surface area (Å²) in [7, 11) is 0. The van der Waals surface area contributed by atoms with Gasteiger partial charge < -0.3 is 4.74 Å². The van der Waals surface area contributed by atoms with Crippen LogP contribution in [0.25, 0.3) is 0 Å². The van der Waals surface area contributed by atoms with Crippen molar-refractivity contribution in [2.45, 2.75) is 11.3 Å². The lowest BCUT2D eigenvalue weighted by atomic mass is 10.1. The van der Waals surface area contributed by atoms with Crippen LogP contribution in [-0.2, 0) is 0 Å². The molecule has 4 heteroatoms. The second-order valence-electron chi connectivity index (χ2n) is 3.72. The summed E-state index contributed by atoms with van der Waals surface area (Å²) in [6, 6.07) is 15.9. The van der Waals surface area contributed by atoms with Gasteiger partial charge in [-0.2, -0.15) is 0 Å². The summed E-state index contributed by atoms with van der Waals surface area (Å²) in [5.74, 6) is 1.34. The van der Waals surface area contributed by atoms with Gasteiger partial charge in [0.2, 0.25) is 0 Å². The summed E-state index contributed by atoms with van der Waals surface area (Å²) >= 11 is 2.95. The van der Waals surface area contributed by atoms with Crippen molar-refractivity contribution in [2.75, 3.05) is 0 Å². The first-order chi connectivity index (χ1) is 8.66. The fraction of sp³-hybridized carbons (Fsp3) is 0.143. The molecule has 0 aliphatic rings. The van der Waals surface area contributed by atoms with Crippen LogP contribution in [0.15, 0.2) is 54.6 Å². The van der Waals surface area contributed by atoms with Crippen LogP contribution >= 0.6 is 15.9 Å². The van der Waals surface area contributed by atoms with Crippen LogP contribution in [0.4, 0.5) is 8.78 Å². The van der Waals surface area contributed by atoms with Crippen molar-refractivity contribution < 1.29 is 13.5 Å². The highest BCUT2D eigenvalue weighted by Gasteiger charge is 2.18. The third kappa shape index (κ3) is 3.29. The molecule has 1 atom stereocenters. The standard InChI is InChI=1S/C14H11BrF2O/c15-13(14(16)17)10-6-8-12(9-7-10)18-11-4-2-1-3-5-11/h1-9,13-14H.